The first kappa shape index (κ1) is 9.20. The van der Waals surface area contributed by atoms with Gasteiger partial charge in [0.2, 0.25) is 0 Å². The molecule has 0 amide bonds. The summed E-state index contributed by atoms with van der Waals surface area (Å²) in [6, 6.07) is 3.98. The van der Waals surface area contributed by atoms with Crippen LogP contribution in [0.1, 0.15) is 24.6 Å². The molecule has 2 nitrogen and oxygen atoms in total. The van der Waals surface area contributed by atoms with Crippen LogP contribution in [-0.2, 0) is 6.42 Å². The number of aryl methyl sites for hydroxylation is 2. The van der Waals surface area contributed by atoms with E-state index in [1.165, 1.54) is 5.56 Å². The average Bonchev–Trinajstić information content (AvgIpc) is 2.03. The van der Waals surface area contributed by atoms with Crippen molar-refractivity contribution in [2.24, 2.45) is 0 Å². The van der Waals surface area contributed by atoms with Crippen molar-refractivity contribution in [1.29, 1.82) is 0 Å². The number of pyridine rings is 1. The zero-order chi connectivity index (χ0) is 8.97. The number of aliphatic hydroxyl groups is 1. The van der Waals surface area contributed by atoms with Gasteiger partial charge < -0.3 is 5.11 Å². The molecule has 0 aliphatic rings. The number of nitrogens with zero attached hydrogens (tertiary/aromatic N) is 1. The Morgan fingerprint density at radius 2 is 2.33 bits per heavy atom. The normalized spacial score (nSPS) is 12.9. The lowest BCUT2D eigenvalue weighted by Gasteiger charge is -2.05. The molecule has 1 atom stereocenters. The zero-order valence-electron chi connectivity index (χ0n) is 7.62. The maximum Gasteiger partial charge on any atom is 0.0515 e. The Balaban J connectivity index is 2.57. The van der Waals surface area contributed by atoms with Crippen LogP contribution in [0.3, 0.4) is 0 Å². The van der Waals surface area contributed by atoms with Crippen molar-refractivity contribution >= 4 is 0 Å². The van der Waals surface area contributed by atoms with Crippen molar-refractivity contribution in [2.75, 3.05) is 0 Å². The van der Waals surface area contributed by atoms with E-state index in [1.807, 2.05) is 19.1 Å². The summed E-state index contributed by atoms with van der Waals surface area (Å²) < 4.78 is 0. The molecule has 66 valence electrons. The van der Waals surface area contributed by atoms with Gasteiger partial charge in [-0.2, -0.15) is 0 Å². The number of hydrogen-bond donors (Lipinski definition) is 1. The van der Waals surface area contributed by atoms with Crippen molar-refractivity contribution in [3.8, 4) is 0 Å². The van der Waals surface area contributed by atoms with Crippen molar-refractivity contribution in [1.82, 2.24) is 4.98 Å². The summed E-state index contributed by atoms with van der Waals surface area (Å²) in [6.45, 7) is 3.85. The van der Waals surface area contributed by atoms with Gasteiger partial charge in [0.05, 0.1) is 6.10 Å². The van der Waals surface area contributed by atoms with E-state index >= 15 is 0 Å². The minimum atomic E-state index is -0.230. The lowest BCUT2D eigenvalue weighted by molar-refractivity contribution is 0.184. The van der Waals surface area contributed by atoms with Gasteiger partial charge >= 0.3 is 0 Å². The number of aromatic nitrogens is 1. The minimum Gasteiger partial charge on any atom is -0.393 e. The van der Waals surface area contributed by atoms with Crippen LogP contribution in [0.15, 0.2) is 18.3 Å². The van der Waals surface area contributed by atoms with Crippen molar-refractivity contribution < 1.29 is 5.11 Å². The monoisotopic (exact) mass is 165 g/mol. The van der Waals surface area contributed by atoms with E-state index in [-0.39, 0.29) is 6.10 Å². The van der Waals surface area contributed by atoms with Crippen LogP contribution in [0.25, 0.3) is 0 Å². The van der Waals surface area contributed by atoms with E-state index in [9.17, 15) is 0 Å². The summed E-state index contributed by atoms with van der Waals surface area (Å²) in [6.07, 6.45) is 3.22. The second-order valence-corrected chi connectivity index (χ2v) is 3.15. The van der Waals surface area contributed by atoms with Gasteiger partial charge in [0.25, 0.3) is 0 Å². The SMILES string of the molecule is Cc1cccnc1CC[C@@H](C)O. The largest absolute Gasteiger partial charge is 0.393 e. The van der Waals surface area contributed by atoms with Crippen LogP contribution in [0.5, 0.6) is 0 Å². The molecule has 2 heteroatoms. The van der Waals surface area contributed by atoms with Crippen LogP contribution in [0, 0.1) is 6.92 Å². The molecule has 12 heavy (non-hydrogen) atoms. The second-order valence-electron chi connectivity index (χ2n) is 3.15. The van der Waals surface area contributed by atoms with E-state index in [0.717, 1.165) is 18.5 Å². The molecule has 0 saturated heterocycles. The second kappa shape index (κ2) is 4.21. The van der Waals surface area contributed by atoms with Crippen molar-refractivity contribution in [3.05, 3.63) is 29.6 Å². The average molecular weight is 165 g/mol. The Hall–Kier alpha value is -0.890. The Bertz CT molecular complexity index is 245. The predicted octanol–water partition coefficient (Wildman–Crippen LogP) is 1.70. The fourth-order valence-corrected chi connectivity index (χ4v) is 1.13. The molecule has 0 aliphatic carbocycles. The zero-order valence-corrected chi connectivity index (χ0v) is 7.62. The predicted molar refractivity (Wildman–Crippen MR) is 49.0 cm³/mol. The molecule has 0 unspecified atom stereocenters. The first-order valence-corrected chi connectivity index (χ1v) is 4.28. The molecule has 0 aromatic carbocycles. The van der Waals surface area contributed by atoms with Gasteiger partial charge in [0.15, 0.2) is 0 Å². The first-order valence-electron chi connectivity index (χ1n) is 4.28. The summed E-state index contributed by atoms with van der Waals surface area (Å²) in [5.74, 6) is 0. The van der Waals surface area contributed by atoms with E-state index in [2.05, 4.69) is 4.98 Å². The highest BCUT2D eigenvalue weighted by Crippen LogP contribution is 2.07. The molecule has 0 aliphatic heterocycles. The van der Waals surface area contributed by atoms with E-state index in [1.54, 1.807) is 13.1 Å². The van der Waals surface area contributed by atoms with Gasteiger partial charge in [0.1, 0.15) is 0 Å². The summed E-state index contributed by atoms with van der Waals surface area (Å²) in [4.78, 5) is 4.24. The molecule has 0 spiro atoms. The summed E-state index contributed by atoms with van der Waals surface area (Å²) in [5.41, 5.74) is 2.30. The molecule has 0 fully saturated rings. The highest BCUT2D eigenvalue weighted by Gasteiger charge is 2.00. The van der Waals surface area contributed by atoms with Gasteiger partial charge in [-0.3, -0.25) is 4.98 Å². The summed E-state index contributed by atoms with van der Waals surface area (Å²) in [7, 11) is 0. The fourth-order valence-electron chi connectivity index (χ4n) is 1.13. The van der Waals surface area contributed by atoms with Gasteiger partial charge in [-0.25, -0.2) is 0 Å². The van der Waals surface area contributed by atoms with Gasteiger partial charge in [0, 0.05) is 11.9 Å². The smallest absolute Gasteiger partial charge is 0.0515 e. The topological polar surface area (TPSA) is 33.1 Å². The van der Waals surface area contributed by atoms with Crippen LogP contribution in [-0.4, -0.2) is 16.2 Å². The molecular weight excluding hydrogens is 150 g/mol. The summed E-state index contributed by atoms with van der Waals surface area (Å²) >= 11 is 0. The highest BCUT2D eigenvalue weighted by atomic mass is 16.3. The first-order chi connectivity index (χ1) is 5.70. The quantitative estimate of drug-likeness (QED) is 0.739. The Kier molecular flexibility index (Phi) is 3.23. The van der Waals surface area contributed by atoms with Crippen LogP contribution >= 0.6 is 0 Å². The number of hydrogen-bond acceptors (Lipinski definition) is 2. The lowest BCUT2D eigenvalue weighted by Crippen LogP contribution is -2.03. The fraction of sp³-hybridized carbons (Fsp3) is 0.500. The van der Waals surface area contributed by atoms with E-state index < -0.39 is 0 Å². The third kappa shape index (κ3) is 2.62. The van der Waals surface area contributed by atoms with Gasteiger partial charge in [-0.05, 0) is 38.3 Å². The van der Waals surface area contributed by atoms with E-state index in [4.69, 9.17) is 5.11 Å². The number of rotatable bonds is 3. The molecule has 1 aromatic rings. The molecule has 0 radical (unpaired) electrons. The molecule has 0 saturated carbocycles. The van der Waals surface area contributed by atoms with E-state index in [0.29, 0.717) is 0 Å². The third-order valence-electron chi connectivity index (χ3n) is 1.92. The van der Waals surface area contributed by atoms with Gasteiger partial charge in [-0.15, -0.1) is 0 Å². The Labute approximate surface area is 73.3 Å². The third-order valence-corrected chi connectivity index (χ3v) is 1.92. The molecule has 1 rings (SSSR count). The van der Waals surface area contributed by atoms with Crippen LogP contribution < -0.4 is 0 Å². The molecule has 1 heterocycles. The maximum atomic E-state index is 9.08. The maximum absolute atomic E-state index is 9.08. The van der Waals surface area contributed by atoms with Crippen molar-refractivity contribution in [3.63, 3.8) is 0 Å². The number of aliphatic hydroxyl groups excluding tert-OH is 1. The van der Waals surface area contributed by atoms with Crippen LogP contribution in [0.4, 0.5) is 0 Å². The molecular formula is C10H15NO. The highest BCUT2D eigenvalue weighted by molar-refractivity contribution is 5.17. The Morgan fingerprint density at radius 1 is 1.58 bits per heavy atom. The standard InChI is InChI=1S/C10H15NO/c1-8-4-3-7-11-10(8)6-5-9(2)12/h3-4,7,9,12H,5-6H2,1-2H3/t9-/m1/s1. The van der Waals surface area contributed by atoms with Gasteiger partial charge in [-0.1, -0.05) is 6.07 Å². The lowest BCUT2D eigenvalue weighted by atomic mass is 10.1. The Morgan fingerprint density at radius 3 is 2.92 bits per heavy atom. The van der Waals surface area contributed by atoms with Crippen LogP contribution in [0.2, 0.25) is 0 Å². The molecule has 1 N–H and O–H groups in total. The molecule has 1 aromatic heterocycles. The summed E-state index contributed by atoms with van der Waals surface area (Å²) in [5, 5.41) is 9.08. The minimum absolute atomic E-state index is 0.230. The molecule has 0 bridgehead atoms. The van der Waals surface area contributed by atoms with Crippen molar-refractivity contribution in [2.45, 2.75) is 32.8 Å².